The number of nitrogen functional groups attached to an aromatic ring is 1. The average molecular weight is 341 g/mol. The zero-order valence-corrected chi connectivity index (χ0v) is 14.8. The van der Waals surface area contributed by atoms with Gasteiger partial charge in [0, 0.05) is 26.7 Å². The summed E-state index contributed by atoms with van der Waals surface area (Å²) < 4.78 is 3.74. The summed E-state index contributed by atoms with van der Waals surface area (Å²) in [6, 6.07) is 0. The van der Waals surface area contributed by atoms with Gasteiger partial charge < -0.3 is 10.6 Å². The van der Waals surface area contributed by atoms with Crippen LogP contribution in [0.3, 0.4) is 0 Å². The molecule has 0 spiro atoms. The summed E-state index contributed by atoms with van der Waals surface area (Å²) in [6.45, 7) is 6.62. The maximum Gasteiger partial charge on any atom is 0.229 e. The van der Waals surface area contributed by atoms with Crippen LogP contribution in [0.4, 0.5) is 11.8 Å². The fraction of sp³-hybridized carbons (Fsp3) is 0.562. The molecule has 132 valence electrons. The first kappa shape index (κ1) is 15.8. The predicted molar refractivity (Wildman–Crippen MR) is 95.1 cm³/mol. The molecule has 1 atom stereocenters. The number of nitrogens with zero attached hydrogens (tertiary/aromatic N) is 8. The Kier molecular flexibility index (Phi) is 3.78. The summed E-state index contributed by atoms with van der Waals surface area (Å²) in [7, 11) is 1.87. The Morgan fingerprint density at radius 2 is 2.08 bits per heavy atom. The van der Waals surface area contributed by atoms with Crippen LogP contribution in [0.25, 0.3) is 11.0 Å². The van der Waals surface area contributed by atoms with Crippen molar-refractivity contribution in [2.75, 3.05) is 23.7 Å². The monoisotopic (exact) mass is 341 g/mol. The molecule has 0 aromatic carbocycles. The van der Waals surface area contributed by atoms with Crippen LogP contribution in [0, 0.1) is 19.8 Å². The molecular weight excluding hydrogens is 318 g/mol. The lowest BCUT2D eigenvalue weighted by atomic mass is 9.98. The van der Waals surface area contributed by atoms with Crippen molar-refractivity contribution in [1.29, 1.82) is 0 Å². The van der Waals surface area contributed by atoms with Gasteiger partial charge in [-0.1, -0.05) is 0 Å². The molecule has 3 aromatic rings. The number of hydrogen-bond donors (Lipinski definition) is 1. The van der Waals surface area contributed by atoms with Crippen molar-refractivity contribution in [1.82, 2.24) is 34.5 Å². The van der Waals surface area contributed by atoms with Crippen molar-refractivity contribution in [3.8, 4) is 0 Å². The lowest BCUT2D eigenvalue weighted by Gasteiger charge is -2.32. The largest absolute Gasteiger partial charge is 0.383 e. The van der Waals surface area contributed by atoms with Crippen LogP contribution in [-0.2, 0) is 13.6 Å². The summed E-state index contributed by atoms with van der Waals surface area (Å²) in [6.07, 6.45) is 3.98. The summed E-state index contributed by atoms with van der Waals surface area (Å²) in [4.78, 5) is 15.8. The Morgan fingerprint density at radius 1 is 1.24 bits per heavy atom. The maximum absolute atomic E-state index is 6.10. The first-order chi connectivity index (χ1) is 12.0. The van der Waals surface area contributed by atoms with E-state index in [1.54, 1.807) is 10.9 Å². The molecule has 0 aliphatic carbocycles. The number of anilines is 2. The molecule has 0 radical (unpaired) electrons. The molecule has 4 heterocycles. The third-order valence-corrected chi connectivity index (χ3v) is 4.81. The Bertz CT molecular complexity index is 910. The SMILES string of the molecule is Cc1nc(C)n(C[C@@H]2CCCN(c3nc(N)c4cnn(C)c4n3)C2)n1. The Labute approximate surface area is 145 Å². The van der Waals surface area contributed by atoms with Crippen LogP contribution in [0.1, 0.15) is 24.5 Å². The highest BCUT2D eigenvalue weighted by atomic mass is 15.4. The molecule has 1 aliphatic rings. The van der Waals surface area contributed by atoms with Crippen LogP contribution in [0.2, 0.25) is 0 Å². The minimum absolute atomic E-state index is 0.484. The molecule has 9 heteroatoms. The number of fused-ring (bicyclic) bond motifs is 1. The average Bonchev–Trinajstić information content (AvgIpc) is 3.10. The van der Waals surface area contributed by atoms with Crippen LogP contribution in [0.5, 0.6) is 0 Å². The number of rotatable bonds is 3. The zero-order valence-electron chi connectivity index (χ0n) is 14.8. The summed E-state index contributed by atoms with van der Waals surface area (Å²) in [5.74, 6) is 3.44. The minimum Gasteiger partial charge on any atom is -0.383 e. The number of hydrogen-bond acceptors (Lipinski definition) is 7. The summed E-state index contributed by atoms with van der Waals surface area (Å²) in [5.41, 5.74) is 6.88. The van der Waals surface area contributed by atoms with Crippen LogP contribution in [-0.4, -0.2) is 47.6 Å². The molecule has 1 fully saturated rings. The van der Waals surface area contributed by atoms with Crippen molar-refractivity contribution in [3.05, 3.63) is 17.8 Å². The smallest absolute Gasteiger partial charge is 0.229 e. The quantitative estimate of drug-likeness (QED) is 0.760. The van der Waals surface area contributed by atoms with E-state index in [1.165, 1.54) is 0 Å². The molecule has 4 rings (SSSR count). The second-order valence-corrected chi connectivity index (χ2v) is 6.76. The van der Waals surface area contributed by atoms with E-state index in [0.29, 0.717) is 17.7 Å². The lowest BCUT2D eigenvalue weighted by molar-refractivity contribution is 0.345. The zero-order chi connectivity index (χ0) is 17.6. The van der Waals surface area contributed by atoms with E-state index >= 15 is 0 Å². The molecule has 2 N–H and O–H groups in total. The number of piperidine rings is 1. The topological polar surface area (TPSA) is 104 Å². The highest BCUT2D eigenvalue weighted by molar-refractivity contribution is 5.86. The Balaban J connectivity index is 1.56. The number of nitrogens with two attached hydrogens (primary N) is 1. The molecular formula is C16H23N9. The highest BCUT2D eigenvalue weighted by Gasteiger charge is 2.24. The second kappa shape index (κ2) is 5.98. The van der Waals surface area contributed by atoms with Gasteiger partial charge in [0.15, 0.2) is 5.65 Å². The molecule has 1 saturated heterocycles. The van der Waals surface area contributed by atoms with Gasteiger partial charge in [-0.25, -0.2) is 9.67 Å². The van der Waals surface area contributed by atoms with E-state index in [1.807, 2.05) is 25.6 Å². The molecule has 0 amide bonds. The van der Waals surface area contributed by atoms with Gasteiger partial charge in [0.05, 0.1) is 11.6 Å². The molecule has 0 bridgehead atoms. The molecule has 25 heavy (non-hydrogen) atoms. The Hall–Kier alpha value is -2.71. The van der Waals surface area contributed by atoms with Gasteiger partial charge in [-0.3, -0.25) is 4.68 Å². The summed E-state index contributed by atoms with van der Waals surface area (Å²) >= 11 is 0. The van der Waals surface area contributed by atoms with Crippen molar-refractivity contribution >= 4 is 22.8 Å². The van der Waals surface area contributed by atoms with Gasteiger partial charge in [0.1, 0.15) is 17.5 Å². The first-order valence-corrected chi connectivity index (χ1v) is 8.59. The molecule has 0 unspecified atom stereocenters. The maximum atomic E-state index is 6.10. The Morgan fingerprint density at radius 3 is 2.84 bits per heavy atom. The molecule has 9 nitrogen and oxygen atoms in total. The minimum atomic E-state index is 0.484. The van der Waals surface area contributed by atoms with Crippen molar-refractivity contribution in [3.63, 3.8) is 0 Å². The van der Waals surface area contributed by atoms with Gasteiger partial charge in [-0.2, -0.15) is 20.2 Å². The standard InChI is InChI=1S/C16H23N9/c1-10-19-11(2)25(22-10)9-12-5-4-6-24(8-12)16-20-14(17)13-7-18-23(3)15(13)21-16/h7,12H,4-6,8-9H2,1-3H3,(H2,17,20,21)/t12-/m1/s1. The number of aromatic nitrogens is 7. The van der Waals surface area contributed by atoms with E-state index in [4.69, 9.17) is 5.73 Å². The first-order valence-electron chi connectivity index (χ1n) is 8.59. The van der Waals surface area contributed by atoms with Crippen molar-refractivity contribution in [2.45, 2.75) is 33.2 Å². The van der Waals surface area contributed by atoms with Crippen molar-refractivity contribution in [2.24, 2.45) is 13.0 Å². The van der Waals surface area contributed by atoms with Crippen LogP contribution >= 0.6 is 0 Å². The van der Waals surface area contributed by atoms with E-state index in [2.05, 4.69) is 30.0 Å². The van der Waals surface area contributed by atoms with E-state index < -0.39 is 0 Å². The fourth-order valence-corrected chi connectivity index (χ4v) is 3.55. The van der Waals surface area contributed by atoms with Gasteiger partial charge in [-0.15, -0.1) is 0 Å². The van der Waals surface area contributed by atoms with Crippen LogP contribution in [0.15, 0.2) is 6.20 Å². The molecule has 0 saturated carbocycles. The third-order valence-electron chi connectivity index (χ3n) is 4.81. The van der Waals surface area contributed by atoms with Crippen LogP contribution < -0.4 is 10.6 Å². The predicted octanol–water partition coefficient (Wildman–Crippen LogP) is 1.07. The highest BCUT2D eigenvalue weighted by Crippen LogP contribution is 2.25. The van der Waals surface area contributed by atoms with E-state index in [9.17, 15) is 0 Å². The molecule has 1 aliphatic heterocycles. The van der Waals surface area contributed by atoms with Crippen molar-refractivity contribution < 1.29 is 0 Å². The fourth-order valence-electron chi connectivity index (χ4n) is 3.55. The summed E-state index contributed by atoms with van der Waals surface area (Å²) in [5, 5.41) is 9.51. The van der Waals surface area contributed by atoms with E-state index in [0.717, 1.165) is 55.2 Å². The van der Waals surface area contributed by atoms with E-state index in [-0.39, 0.29) is 0 Å². The van der Waals surface area contributed by atoms with Gasteiger partial charge in [-0.05, 0) is 32.6 Å². The van der Waals surface area contributed by atoms with Gasteiger partial charge in [0.25, 0.3) is 0 Å². The van der Waals surface area contributed by atoms with Gasteiger partial charge >= 0.3 is 0 Å². The second-order valence-electron chi connectivity index (χ2n) is 6.76. The lowest BCUT2D eigenvalue weighted by Crippen LogP contribution is -2.38. The third kappa shape index (κ3) is 2.90. The normalized spacial score (nSPS) is 18.2. The number of aryl methyl sites for hydroxylation is 3. The molecule has 3 aromatic heterocycles. The van der Waals surface area contributed by atoms with Gasteiger partial charge in [0.2, 0.25) is 5.95 Å².